The molecule has 37 heavy (non-hydrogen) atoms. The van der Waals surface area contributed by atoms with Crippen molar-refractivity contribution in [1.29, 1.82) is 0 Å². The fraction of sp³-hybridized carbons (Fsp3) is 0. The summed E-state index contributed by atoms with van der Waals surface area (Å²) in [6.07, 6.45) is 0. The maximum Gasteiger partial charge on any atom is 0.164 e. The average molecular weight is 476 g/mol. The van der Waals surface area contributed by atoms with Crippen molar-refractivity contribution in [2.45, 2.75) is 0 Å². The second kappa shape index (κ2) is 8.85. The Morgan fingerprint density at radius 1 is 0.378 bits per heavy atom. The van der Waals surface area contributed by atoms with E-state index in [1.165, 1.54) is 0 Å². The number of nitrogens with zero attached hydrogens (tertiary/aromatic N) is 3. The summed E-state index contributed by atoms with van der Waals surface area (Å²) in [5.74, 6) is 1.96. The average Bonchev–Trinajstić information content (AvgIpc) is 3.37. The molecule has 0 N–H and O–H groups in total. The molecule has 0 atom stereocenters. The number of fused-ring (bicyclic) bond motifs is 3. The third kappa shape index (κ3) is 3.85. The Morgan fingerprint density at radius 3 is 1.49 bits per heavy atom. The molecule has 0 aliphatic rings. The van der Waals surface area contributed by atoms with E-state index in [9.17, 15) is 0 Å². The maximum atomic E-state index is 6.09. The highest BCUT2D eigenvalue weighted by Gasteiger charge is 2.14. The summed E-state index contributed by atoms with van der Waals surface area (Å²) in [5, 5.41) is 2.25. The number of para-hydroxylation sites is 1. The van der Waals surface area contributed by atoms with Gasteiger partial charge in [0.2, 0.25) is 0 Å². The van der Waals surface area contributed by atoms with Crippen LogP contribution in [0.15, 0.2) is 132 Å². The van der Waals surface area contributed by atoms with E-state index in [1.807, 2.05) is 91.0 Å². The maximum absolute atomic E-state index is 6.09. The first-order valence-electron chi connectivity index (χ1n) is 12.2. The van der Waals surface area contributed by atoms with Crippen molar-refractivity contribution in [2.75, 3.05) is 0 Å². The van der Waals surface area contributed by atoms with E-state index < -0.39 is 0 Å². The minimum atomic E-state index is 0.645. The van der Waals surface area contributed by atoms with Gasteiger partial charge in [-0.2, -0.15) is 0 Å². The van der Waals surface area contributed by atoms with Gasteiger partial charge >= 0.3 is 0 Å². The normalized spacial score (nSPS) is 11.2. The van der Waals surface area contributed by atoms with Gasteiger partial charge in [0.25, 0.3) is 0 Å². The van der Waals surface area contributed by atoms with Gasteiger partial charge in [-0.1, -0.05) is 115 Å². The van der Waals surface area contributed by atoms with Crippen LogP contribution in [-0.4, -0.2) is 15.0 Å². The van der Waals surface area contributed by atoms with Gasteiger partial charge in [0, 0.05) is 27.5 Å². The predicted molar refractivity (Wildman–Crippen MR) is 149 cm³/mol. The van der Waals surface area contributed by atoms with Crippen LogP contribution in [-0.2, 0) is 0 Å². The van der Waals surface area contributed by atoms with Crippen molar-refractivity contribution >= 4 is 21.9 Å². The van der Waals surface area contributed by atoms with Crippen LogP contribution >= 0.6 is 0 Å². The van der Waals surface area contributed by atoms with Gasteiger partial charge in [0.05, 0.1) is 0 Å². The highest BCUT2D eigenvalue weighted by atomic mass is 16.3. The van der Waals surface area contributed by atoms with Gasteiger partial charge in [-0.15, -0.1) is 0 Å². The van der Waals surface area contributed by atoms with E-state index in [-0.39, 0.29) is 0 Å². The molecule has 0 bridgehead atoms. The zero-order valence-electron chi connectivity index (χ0n) is 19.9. The van der Waals surface area contributed by atoms with Crippen LogP contribution < -0.4 is 0 Å². The minimum Gasteiger partial charge on any atom is -0.456 e. The Balaban J connectivity index is 1.34. The monoisotopic (exact) mass is 475 g/mol. The van der Waals surface area contributed by atoms with Crippen molar-refractivity contribution in [3.63, 3.8) is 0 Å². The topological polar surface area (TPSA) is 51.8 Å². The van der Waals surface area contributed by atoms with Gasteiger partial charge in [-0.3, -0.25) is 0 Å². The van der Waals surface area contributed by atoms with Crippen molar-refractivity contribution < 1.29 is 4.42 Å². The first-order valence-corrected chi connectivity index (χ1v) is 12.2. The lowest BCUT2D eigenvalue weighted by atomic mass is 9.98. The van der Waals surface area contributed by atoms with Crippen LogP contribution in [0.5, 0.6) is 0 Å². The second-order valence-electron chi connectivity index (χ2n) is 8.89. The highest BCUT2D eigenvalue weighted by molar-refractivity contribution is 6.12. The van der Waals surface area contributed by atoms with Crippen LogP contribution in [0.3, 0.4) is 0 Å². The van der Waals surface area contributed by atoms with Crippen LogP contribution in [0.1, 0.15) is 0 Å². The zero-order chi connectivity index (χ0) is 24.6. The van der Waals surface area contributed by atoms with Crippen LogP contribution in [0.4, 0.5) is 0 Å². The van der Waals surface area contributed by atoms with Crippen LogP contribution in [0.2, 0.25) is 0 Å². The Kier molecular flexibility index (Phi) is 5.07. The van der Waals surface area contributed by atoms with Crippen molar-refractivity contribution in [3.8, 4) is 45.3 Å². The highest BCUT2D eigenvalue weighted by Crippen LogP contribution is 2.37. The predicted octanol–water partition coefficient (Wildman–Crippen LogP) is 8.44. The molecular weight excluding hydrogens is 454 g/mol. The Morgan fingerprint density at radius 2 is 0.865 bits per heavy atom. The Hall–Kier alpha value is -5.09. The molecule has 4 heteroatoms. The van der Waals surface area contributed by atoms with E-state index >= 15 is 0 Å². The van der Waals surface area contributed by atoms with Crippen LogP contribution in [0, 0.1) is 0 Å². The van der Waals surface area contributed by atoms with E-state index in [0.29, 0.717) is 17.5 Å². The molecule has 174 valence electrons. The lowest BCUT2D eigenvalue weighted by Crippen LogP contribution is -2.00. The molecule has 7 aromatic rings. The number of hydrogen-bond acceptors (Lipinski definition) is 4. The molecule has 0 saturated heterocycles. The minimum absolute atomic E-state index is 0.645. The summed E-state index contributed by atoms with van der Waals surface area (Å²) in [4.78, 5) is 14.5. The van der Waals surface area contributed by atoms with Crippen molar-refractivity contribution in [3.05, 3.63) is 127 Å². The smallest absolute Gasteiger partial charge is 0.164 e. The third-order valence-corrected chi connectivity index (χ3v) is 6.56. The lowest BCUT2D eigenvalue weighted by Gasteiger charge is -2.09. The van der Waals surface area contributed by atoms with E-state index in [1.54, 1.807) is 0 Å². The molecule has 0 saturated carbocycles. The molecule has 0 radical (unpaired) electrons. The van der Waals surface area contributed by atoms with Gasteiger partial charge in [-0.25, -0.2) is 15.0 Å². The standard InChI is InChI=1S/C33H21N3O/c1-3-10-23(11-4-1)31-34-32(24-12-5-2-6-13-24)36-33(35-31)25-20-18-22(19-21-25)26-15-9-17-29-30(26)27-14-7-8-16-28(27)37-29/h1-21H. The van der Waals surface area contributed by atoms with Crippen molar-refractivity contribution in [2.24, 2.45) is 0 Å². The molecule has 2 heterocycles. The molecule has 0 aliphatic heterocycles. The summed E-state index contributed by atoms with van der Waals surface area (Å²) < 4.78 is 6.09. The molecular formula is C33H21N3O. The van der Waals surface area contributed by atoms with Crippen molar-refractivity contribution in [1.82, 2.24) is 15.0 Å². The summed E-state index contributed by atoms with van der Waals surface area (Å²) >= 11 is 0. The van der Waals surface area contributed by atoms with Gasteiger partial charge < -0.3 is 4.42 Å². The SMILES string of the molecule is c1ccc(-c2nc(-c3ccccc3)nc(-c3ccc(-c4cccc5oc6ccccc6c45)cc3)n2)cc1. The number of rotatable bonds is 4. The molecule has 0 aliphatic carbocycles. The first-order chi connectivity index (χ1) is 18.3. The number of furan rings is 1. The second-order valence-corrected chi connectivity index (χ2v) is 8.89. The number of hydrogen-bond donors (Lipinski definition) is 0. The molecule has 7 rings (SSSR count). The summed E-state index contributed by atoms with van der Waals surface area (Å²) in [6.45, 7) is 0. The Bertz CT molecular complexity index is 1800. The first kappa shape index (κ1) is 21.2. The summed E-state index contributed by atoms with van der Waals surface area (Å²) in [7, 11) is 0. The fourth-order valence-corrected chi connectivity index (χ4v) is 4.75. The largest absolute Gasteiger partial charge is 0.456 e. The third-order valence-electron chi connectivity index (χ3n) is 6.56. The Labute approximate surface area is 213 Å². The van der Waals surface area contributed by atoms with Gasteiger partial charge in [0.1, 0.15) is 11.2 Å². The molecule has 5 aromatic carbocycles. The molecule has 0 spiro atoms. The zero-order valence-corrected chi connectivity index (χ0v) is 19.9. The quantitative estimate of drug-likeness (QED) is 0.256. The molecule has 2 aromatic heterocycles. The van der Waals surface area contributed by atoms with Crippen LogP contribution in [0.25, 0.3) is 67.2 Å². The number of aromatic nitrogens is 3. The lowest BCUT2D eigenvalue weighted by molar-refractivity contribution is 0.669. The summed E-state index contributed by atoms with van der Waals surface area (Å²) in [5.41, 5.74) is 6.89. The molecule has 0 unspecified atom stereocenters. The fourth-order valence-electron chi connectivity index (χ4n) is 4.75. The number of benzene rings is 5. The van der Waals surface area contributed by atoms with E-state index in [4.69, 9.17) is 19.4 Å². The van der Waals surface area contributed by atoms with E-state index in [2.05, 4.69) is 36.4 Å². The van der Waals surface area contributed by atoms with Gasteiger partial charge in [-0.05, 0) is 23.3 Å². The van der Waals surface area contributed by atoms with Gasteiger partial charge in [0.15, 0.2) is 17.5 Å². The summed E-state index contributed by atoms with van der Waals surface area (Å²) in [6, 6.07) is 42.8. The molecule has 0 amide bonds. The molecule has 0 fully saturated rings. The van der Waals surface area contributed by atoms with E-state index in [0.717, 1.165) is 49.8 Å². The molecule has 4 nitrogen and oxygen atoms in total.